The van der Waals surface area contributed by atoms with Crippen molar-refractivity contribution in [3.8, 4) is 5.75 Å². The molecule has 2 aromatic rings. The first-order chi connectivity index (χ1) is 9.01. The monoisotopic (exact) mass is 468 g/mol. The second kappa shape index (κ2) is 6.72. The summed E-state index contributed by atoms with van der Waals surface area (Å²) in [6.45, 7) is 0. The van der Waals surface area contributed by atoms with Crippen molar-refractivity contribution in [3.63, 3.8) is 0 Å². The fourth-order valence-corrected chi connectivity index (χ4v) is 5.10. The van der Waals surface area contributed by atoms with Crippen LogP contribution in [0.5, 0.6) is 5.75 Å². The lowest BCUT2D eigenvalue weighted by Crippen LogP contribution is -2.02. The zero-order valence-corrected chi connectivity index (χ0v) is 15.6. The summed E-state index contributed by atoms with van der Waals surface area (Å²) in [5, 5.41) is 10.4. The van der Waals surface area contributed by atoms with Gasteiger partial charge in [0.05, 0.1) is 20.8 Å². The van der Waals surface area contributed by atoms with E-state index in [0.717, 1.165) is 28.9 Å². The van der Waals surface area contributed by atoms with Gasteiger partial charge in [-0.2, -0.15) is 0 Å². The van der Waals surface area contributed by atoms with Crippen LogP contribution in [-0.4, -0.2) is 12.2 Å². The quantitative estimate of drug-likeness (QED) is 0.655. The Labute approximate surface area is 141 Å². The van der Waals surface area contributed by atoms with Crippen LogP contribution in [0.25, 0.3) is 0 Å². The first-order valence-corrected chi connectivity index (χ1v) is 8.66. The largest absolute Gasteiger partial charge is 0.497 e. The minimum atomic E-state index is -0.555. The molecule has 0 fully saturated rings. The number of aliphatic hydroxyl groups is 1. The van der Waals surface area contributed by atoms with E-state index in [1.54, 1.807) is 18.4 Å². The van der Waals surface area contributed by atoms with E-state index in [4.69, 9.17) is 4.74 Å². The number of aliphatic hydroxyl groups excluding tert-OH is 1. The van der Waals surface area contributed by atoms with Gasteiger partial charge in [-0.15, -0.1) is 11.3 Å². The molecule has 0 saturated carbocycles. The number of hydrogen-bond donors (Lipinski definition) is 1. The van der Waals surface area contributed by atoms with Crippen LogP contribution in [0.1, 0.15) is 17.2 Å². The fraction of sp³-hybridized carbons (Fsp3) is 0.231. The molecule has 0 saturated heterocycles. The topological polar surface area (TPSA) is 29.5 Å². The van der Waals surface area contributed by atoms with E-state index in [-0.39, 0.29) is 0 Å². The zero-order valence-electron chi connectivity index (χ0n) is 9.99. The van der Waals surface area contributed by atoms with Crippen LogP contribution >= 0.6 is 59.1 Å². The van der Waals surface area contributed by atoms with E-state index in [1.807, 2.05) is 24.3 Å². The van der Waals surface area contributed by atoms with Gasteiger partial charge in [-0.25, -0.2) is 0 Å². The Bertz CT molecular complexity index is 583. The fourth-order valence-electron chi connectivity index (χ4n) is 1.73. The maximum atomic E-state index is 10.4. The maximum absolute atomic E-state index is 10.4. The van der Waals surface area contributed by atoms with E-state index < -0.39 is 6.10 Å². The van der Waals surface area contributed by atoms with Gasteiger partial charge in [-0.3, -0.25) is 0 Å². The molecular formula is C13H11Br3O2S. The molecule has 0 amide bonds. The predicted octanol–water partition coefficient (Wildman–Crippen LogP) is 5.32. The van der Waals surface area contributed by atoms with Gasteiger partial charge in [-0.1, -0.05) is 15.9 Å². The molecule has 2 rings (SSSR count). The summed E-state index contributed by atoms with van der Waals surface area (Å²) < 4.78 is 8.13. The van der Waals surface area contributed by atoms with Crippen LogP contribution in [0.2, 0.25) is 0 Å². The summed E-state index contributed by atoms with van der Waals surface area (Å²) in [5.74, 6) is 0.788. The van der Waals surface area contributed by atoms with E-state index in [1.165, 1.54) is 0 Å². The van der Waals surface area contributed by atoms with Crippen LogP contribution < -0.4 is 4.74 Å². The molecule has 102 valence electrons. The SMILES string of the molecule is COc1ccc(Br)c(CC(O)c2cc(Br)sc2Br)c1. The summed E-state index contributed by atoms with van der Waals surface area (Å²) in [4.78, 5) is 0. The highest BCUT2D eigenvalue weighted by Gasteiger charge is 2.16. The molecule has 0 aliphatic carbocycles. The molecule has 0 spiro atoms. The Balaban J connectivity index is 2.23. The Morgan fingerprint density at radius 2 is 2.00 bits per heavy atom. The van der Waals surface area contributed by atoms with E-state index >= 15 is 0 Å². The van der Waals surface area contributed by atoms with Gasteiger partial charge in [0, 0.05) is 16.5 Å². The van der Waals surface area contributed by atoms with Gasteiger partial charge in [0.1, 0.15) is 5.75 Å². The predicted molar refractivity (Wildman–Crippen MR) is 89.1 cm³/mol. The first kappa shape index (κ1) is 15.5. The molecule has 19 heavy (non-hydrogen) atoms. The highest BCUT2D eigenvalue weighted by Crippen LogP contribution is 2.37. The normalized spacial score (nSPS) is 12.5. The zero-order chi connectivity index (χ0) is 14.0. The molecule has 1 heterocycles. The number of rotatable bonds is 4. The number of hydrogen-bond acceptors (Lipinski definition) is 3. The summed E-state index contributed by atoms with van der Waals surface area (Å²) in [5.41, 5.74) is 1.91. The second-order valence-electron chi connectivity index (χ2n) is 3.96. The van der Waals surface area contributed by atoms with Gasteiger partial charge in [0.15, 0.2) is 0 Å². The second-order valence-corrected chi connectivity index (χ2v) is 8.56. The minimum absolute atomic E-state index is 0.527. The third-order valence-corrected chi connectivity index (χ3v) is 5.87. The van der Waals surface area contributed by atoms with Crippen molar-refractivity contribution in [1.29, 1.82) is 0 Å². The highest BCUT2D eigenvalue weighted by atomic mass is 79.9. The van der Waals surface area contributed by atoms with Gasteiger partial charge < -0.3 is 9.84 Å². The molecule has 6 heteroatoms. The molecule has 1 aromatic heterocycles. The molecule has 1 N–H and O–H groups in total. The number of ether oxygens (including phenoxy) is 1. The first-order valence-electron chi connectivity index (χ1n) is 5.46. The minimum Gasteiger partial charge on any atom is -0.497 e. The van der Waals surface area contributed by atoms with Gasteiger partial charge >= 0.3 is 0 Å². The molecule has 0 bridgehead atoms. The molecule has 1 atom stereocenters. The number of benzene rings is 1. The van der Waals surface area contributed by atoms with Gasteiger partial charge in [0.2, 0.25) is 0 Å². The van der Waals surface area contributed by atoms with Crippen LogP contribution in [0.3, 0.4) is 0 Å². The average molecular weight is 471 g/mol. The Kier molecular flexibility index (Phi) is 5.48. The highest BCUT2D eigenvalue weighted by molar-refractivity contribution is 9.12. The number of halogens is 3. The van der Waals surface area contributed by atoms with E-state index in [0.29, 0.717) is 6.42 Å². The standard InChI is InChI=1S/C13H11Br3O2S/c1-18-8-2-3-10(14)7(4-8)5-11(17)9-6-12(15)19-13(9)16/h2-4,6,11,17H,5H2,1H3. The summed E-state index contributed by atoms with van der Waals surface area (Å²) >= 11 is 11.9. The molecular weight excluding hydrogens is 460 g/mol. The Hall–Kier alpha value is 0.120. The van der Waals surface area contributed by atoms with Crippen molar-refractivity contribution >= 4 is 59.1 Å². The summed E-state index contributed by atoms with van der Waals surface area (Å²) in [6, 6.07) is 7.69. The van der Waals surface area contributed by atoms with Crippen molar-refractivity contribution in [2.75, 3.05) is 7.11 Å². The lowest BCUT2D eigenvalue weighted by Gasteiger charge is -2.12. The van der Waals surface area contributed by atoms with Crippen LogP contribution in [0.15, 0.2) is 36.3 Å². The van der Waals surface area contributed by atoms with Crippen molar-refractivity contribution in [1.82, 2.24) is 0 Å². The Morgan fingerprint density at radius 3 is 2.58 bits per heavy atom. The summed E-state index contributed by atoms with van der Waals surface area (Å²) in [6.07, 6.45) is -0.0279. The smallest absolute Gasteiger partial charge is 0.119 e. The van der Waals surface area contributed by atoms with Crippen molar-refractivity contribution in [2.45, 2.75) is 12.5 Å². The molecule has 1 aromatic carbocycles. The molecule has 0 aliphatic heterocycles. The van der Waals surface area contributed by atoms with Crippen molar-refractivity contribution in [2.24, 2.45) is 0 Å². The van der Waals surface area contributed by atoms with Crippen molar-refractivity contribution in [3.05, 3.63) is 47.4 Å². The van der Waals surface area contributed by atoms with Crippen LogP contribution in [-0.2, 0) is 6.42 Å². The van der Waals surface area contributed by atoms with Crippen LogP contribution in [0.4, 0.5) is 0 Å². The van der Waals surface area contributed by atoms with Crippen molar-refractivity contribution < 1.29 is 9.84 Å². The lowest BCUT2D eigenvalue weighted by atomic mass is 10.0. The molecule has 1 unspecified atom stereocenters. The van der Waals surface area contributed by atoms with E-state index in [9.17, 15) is 5.11 Å². The number of methoxy groups -OCH3 is 1. The maximum Gasteiger partial charge on any atom is 0.119 e. The third kappa shape index (κ3) is 3.82. The van der Waals surface area contributed by atoms with Gasteiger partial charge in [0.25, 0.3) is 0 Å². The molecule has 0 radical (unpaired) electrons. The summed E-state index contributed by atoms with van der Waals surface area (Å²) in [7, 11) is 1.63. The molecule has 0 aliphatic rings. The van der Waals surface area contributed by atoms with E-state index in [2.05, 4.69) is 47.8 Å². The van der Waals surface area contributed by atoms with Crippen LogP contribution in [0, 0.1) is 0 Å². The molecule has 2 nitrogen and oxygen atoms in total. The third-order valence-electron chi connectivity index (χ3n) is 2.71. The lowest BCUT2D eigenvalue weighted by molar-refractivity contribution is 0.178. The Morgan fingerprint density at radius 1 is 1.26 bits per heavy atom. The van der Waals surface area contributed by atoms with Gasteiger partial charge in [-0.05, 0) is 61.7 Å². The average Bonchev–Trinajstić information content (AvgIpc) is 2.71. The number of thiophene rings is 1.